The van der Waals surface area contributed by atoms with Gasteiger partial charge in [0, 0.05) is 26.2 Å². The van der Waals surface area contributed by atoms with E-state index in [9.17, 15) is 13.5 Å². The van der Waals surface area contributed by atoms with Gasteiger partial charge in [-0.15, -0.1) is 0 Å². The molecular weight excluding hydrogens is 268 g/mol. The Morgan fingerprint density at radius 3 is 2.42 bits per heavy atom. The number of aliphatic hydroxyl groups excluding tert-OH is 1. The van der Waals surface area contributed by atoms with Crippen molar-refractivity contribution in [2.24, 2.45) is 0 Å². The van der Waals surface area contributed by atoms with Gasteiger partial charge < -0.3 is 9.84 Å². The highest BCUT2D eigenvalue weighted by molar-refractivity contribution is 7.86. The molecule has 0 amide bonds. The van der Waals surface area contributed by atoms with E-state index < -0.39 is 21.9 Å². The topological polar surface area (TPSA) is 70.1 Å². The lowest BCUT2D eigenvalue weighted by Crippen LogP contribution is -2.58. The highest BCUT2D eigenvalue weighted by atomic mass is 32.2. The summed E-state index contributed by atoms with van der Waals surface area (Å²) in [5.41, 5.74) is -0.561. The van der Waals surface area contributed by atoms with Crippen LogP contribution >= 0.6 is 0 Å². The van der Waals surface area contributed by atoms with Crippen LogP contribution in [0.3, 0.4) is 0 Å². The zero-order chi connectivity index (χ0) is 14.1. The van der Waals surface area contributed by atoms with E-state index in [1.54, 1.807) is 4.31 Å². The Hall–Kier alpha value is -0.210. The van der Waals surface area contributed by atoms with Crippen molar-refractivity contribution in [2.75, 3.05) is 32.8 Å². The Bertz CT molecular complexity index is 404. The van der Waals surface area contributed by atoms with Crippen molar-refractivity contribution in [1.29, 1.82) is 0 Å². The second-order valence-corrected chi connectivity index (χ2v) is 7.87. The maximum atomic E-state index is 12.6. The minimum absolute atomic E-state index is 0.157. The van der Waals surface area contributed by atoms with Crippen molar-refractivity contribution in [1.82, 2.24) is 8.61 Å². The molecule has 0 aromatic rings. The third-order valence-electron chi connectivity index (χ3n) is 3.62. The maximum absolute atomic E-state index is 12.6. The van der Waals surface area contributed by atoms with E-state index in [1.165, 1.54) is 4.31 Å². The van der Waals surface area contributed by atoms with Crippen LogP contribution in [0.25, 0.3) is 0 Å². The fourth-order valence-corrected chi connectivity index (χ4v) is 4.65. The molecule has 0 aromatic heterocycles. The Morgan fingerprint density at radius 2 is 1.84 bits per heavy atom. The third kappa shape index (κ3) is 3.46. The Morgan fingerprint density at radius 1 is 1.21 bits per heavy atom. The molecule has 2 heterocycles. The second-order valence-electron chi connectivity index (χ2n) is 5.94. The molecule has 1 N–H and O–H groups in total. The van der Waals surface area contributed by atoms with Crippen molar-refractivity contribution in [3.8, 4) is 0 Å². The first kappa shape index (κ1) is 15.2. The first-order valence-electron chi connectivity index (χ1n) is 6.89. The zero-order valence-electron chi connectivity index (χ0n) is 11.7. The van der Waals surface area contributed by atoms with E-state index in [1.807, 2.05) is 13.8 Å². The van der Waals surface area contributed by atoms with Crippen LogP contribution in [0.5, 0.6) is 0 Å². The molecule has 112 valence electrons. The number of hydrogen-bond acceptors (Lipinski definition) is 4. The van der Waals surface area contributed by atoms with Gasteiger partial charge >= 0.3 is 0 Å². The van der Waals surface area contributed by atoms with Crippen molar-refractivity contribution in [3.63, 3.8) is 0 Å². The van der Waals surface area contributed by atoms with E-state index in [-0.39, 0.29) is 13.2 Å². The van der Waals surface area contributed by atoms with E-state index in [0.29, 0.717) is 19.6 Å². The van der Waals surface area contributed by atoms with Gasteiger partial charge in [0.1, 0.15) is 0 Å². The number of piperidine rings is 1. The molecule has 19 heavy (non-hydrogen) atoms. The quantitative estimate of drug-likeness (QED) is 0.806. The van der Waals surface area contributed by atoms with Crippen LogP contribution < -0.4 is 0 Å². The van der Waals surface area contributed by atoms with Gasteiger partial charge in [-0.05, 0) is 26.7 Å². The molecule has 0 bridgehead atoms. The van der Waals surface area contributed by atoms with Crippen LogP contribution in [-0.4, -0.2) is 66.6 Å². The number of hydrogen-bond donors (Lipinski definition) is 1. The van der Waals surface area contributed by atoms with Gasteiger partial charge in [0.15, 0.2) is 0 Å². The first-order valence-corrected chi connectivity index (χ1v) is 8.29. The van der Waals surface area contributed by atoms with Crippen LogP contribution in [0, 0.1) is 0 Å². The van der Waals surface area contributed by atoms with Gasteiger partial charge in [-0.2, -0.15) is 17.0 Å². The third-order valence-corrected chi connectivity index (χ3v) is 5.57. The summed E-state index contributed by atoms with van der Waals surface area (Å²) in [5.74, 6) is 0. The SMILES string of the molecule is CC1(C)CN(S(=O)(=O)N2CCCCC2)CC(CO)O1. The van der Waals surface area contributed by atoms with Crippen LogP contribution in [-0.2, 0) is 14.9 Å². The second kappa shape index (κ2) is 5.65. The average molecular weight is 292 g/mol. The predicted molar refractivity (Wildman–Crippen MR) is 72.0 cm³/mol. The van der Waals surface area contributed by atoms with Crippen LogP contribution in [0.1, 0.15) is 33.1 Å². The molecule has 7 heteroatoms. The van der Waals surface area contributed by atoms with Crippen molar-refractivity contribution in [2.45, 2.75) is 44.8 Å². The summed E-state index contributed by atoms with van der Waals surface area (Å²) in [6.45, 7) is 5.32. The molecule has 2 fully saturated rings. The molecule has 0 saturated carbocycles. The fourth-order valence-electron chi connectivity index (χ4n) is 2.77. The largest absolute Gasteiger partial charge is 0.394 e. The highest BCUT2D eigenvalue weighted by Crippen LogP contribution is 2.25. The standard InChI is InChI=1S/C12H24N2O4S/c1-12(2)10-14(8-11(9-15)18-12)19(16,17)13-6-4-3-5-7-13/h11,15H,3-10H2,1-2H3. The smallest absolute Gasteiger partial charge is 0.282 e. The summed E-state index contributed by atoms with van der Waals surface area (Å²) in [6.07, 6.45) is 2.51. The molecule has 1 unspecified atom stereocenters. The summed E-state index contributed by atoms with van der Waals surface area (Å²) in [6, 6.07) is 0. The Labute approximate surface area is 115 Å². The van der Waals surface area contributed by atoms with Gasteiger partial charge in [-0.25, -0.2) is 0 Å². The number of ether oxygens (including phenoxy) is 1. The van der Waals surface area contributed by atoms with E-state index in [4.69, 9.17) is 4.74 Å². The van der Waals surface area contributed by atoms with E-state index in [0.717, 1.165) is 19.3 Å². The van der Waals surface area contributed by atoms with Gasteiger partial charge in [0.05, 0.1) is 18.3 Å². The molecule has 0 radical (unpaired) electrons. The van der Waals surface area contributed by atoms with Gasteiger partial charge in [0.25, 0.3) is 10.2 Å². The summed E-state index contributed by atoms with van der Waals surface area (Å²) in [5, 5.41) is 9.26. The molecule has 1 atom stereocenters. The fraction of sp³-hybridized carbons (Fsp3) is 1.00. The van der Waals surface area contributed by atoms with Crippen LogP contribution in [0.15, 0.2) is 0 Å². The summed E-state index contributed by atoms with van der Waals surface area (Å²) in [7, 11) is -3.42. The number of rotatable bonds is 3. The van der Waals surface area contributed by atoms with Gasteiger partial charge in [-0.3, -0.25) is 0 Å². The molecule has 2 aliphatic heterocycles. The van der Waals surface area contributed by atoms with Crippen LogP contribution in [0.4, 0.5) is 0 Å². The van der Waals surface area contributed by atoms with E-state index in [2.05, 4.69) is 0 Å². The van der Waals surface area contributed by atoms with Gasteiger partial charge in [0.2, 0.25) is 0 Å². The minimum Gasteiger partial charge on any atom is -0.394 e. The van der Waals surface area contributed by atoms with E-state index >= 15 is 0 Å². The highest BCUT2D eigenvalue weighted by Gasteiger charge is 2.41. The summed E-state index contributed by atoms with van der Waals surface area (Å²) in [4.78, 5) is 0. The number of aliphatic hydroxyl groups is 1. The monoisotopic (exact) mass is 292 g/mol. The molecule has 2 aliphatic rings. The molecular formula is C12H24N2O4S. The maximum Gasteiger partial charge on any atom is 0.282 e. The number of nitrogens with zero attached hydrogens (tertiary/aromatic N) is 2. The Kier molecular flexibility index (Phi) is 4.52. The number of morpholine rings is 1. The lowest BCUT2D eigenvalue weighted by molar-refractivity contribution is -0.132. The van der Waals surface area contributed by atoms with Crippen molar-refractivity contribution in [3.05, 3.63) is 0 Å². The molecule has 2 saturated heterocycles. The molecule has 6 nitrogen and oxygen atoms in total. The minimum atomic E-state index is -3.42. The van der Waals surface area contributed by atoms with Crippen LogP contribution in [0.2, 0.25) is 0 Å². The Balaban J connectivity index is 2.14. The zero-order valence-corrected chi connectivity index (χ0v) is 12.5. The average Bonchev–Trinajstić information content (AvgIpc) is 2.37. The van der Waals surface area contributed by atoms with Crippen molar-refractivity contribution < 1.29 is 18.3 Å². The molecule has 0 aliphatic carbocycles. The van der Waals surface area contributed by atoms with Gasteiger partial charge in [-0.1, -0.05) is 6.42 Å². The lowest BCUT2D eigenvalue weighted by atomic mass is 10.1. The van der Waals surface area contributed by atoms with Crippen molar-refractivity contribution >= 4 is 10.2 Å². The molecule has 0 aromatic carbocycles. The molecule has 2 rings (SSSR count). The summed E-state index contributed by atoms with van der Waals surface area (Å²) >= 11 is 0. The lowest BCUT2D eigenvalue weighted by Gasteiger charge is -2.43. The first-order chi connectivity index (χ1) is 8.85. The normalized spacial score (nSPS) is 30.4. The molecule has 0 spiro atoms. The summed E-state index contributed by atoms with van der Waals surface area (Å²) < 4.78 is 33.9. The predicted octanol–water partition coefficient (Wildman–Crippen LogP) is 0.189.